The number of benzene rings is 1. The Morgan fingerprint density at radius 1 is 1.07 bits per heavy atom. The van der Waals surface area contributed by atoms with Crippen molar-refractivity contribution in [1.29, 1.82) is 0 Å². The van der Waals surface area contributed by atoms with Crippen LogP contribution in [0.2, 0.25) is 0 Å². The van der Waals surface area contributed by atoms with Gasteiger partial charge in [-0.3, -0.25) is 4.98 Å². The van der Waals surface area contributed by atoms with Gasteiger partial charge in [-0.1, -0.05) is 11.6 Å². The molecule has 4 N–H and O–H groups in total. The van der Waals surface area contributed by atoms with Crippen molar-refractivity contribution in [3.63, 3.8) is 0 Å². The third-order valence-corrected chi connectivity index (χ3v) is 4.67. The molecule has 138 valence electrons. The first-order chi connectivity index (χ1) is 13.0. The Bertz CT molecular complexity index is 1030. The molecular weight excluding hydrogens is 344 g/mol. The van der Waals surface area contributed by atoms with Gasteiger partial charge in [0, 0.05) is 11.1 Å². The van der Waals surface area contributed by atoms with Gasteiger partial charge in [0.2, 0.25) is 11.9 Å². The number of aryl methyl sites for hydroxylation is 2. The van der Waals surface area contributed by atoms with E-state index in [9.17, 15) is 4.79 Å². The van der Waals surface area contributed by atoms with Gasteiger partial charge in [0.15, 0.2) is 12.4 Å². The van der Waals surface area contributed by atoms with Crippen LogP contribution in [0.4, 0.5) is 11.9 Å². The third kappa shape index (κ3) is 3.38. The fraction of sp³-hybridized carbons (Fsp3) is 0.316. The number of nitrogen functional groups attached to an aromatic ring is 2. The van der Waals surface area contributed by atoms with Crippen LogP contribution in [0.3, 0.4) is 0 Å². The number of hydrogen-bond acceptors (Lipinski definition) is 8. The SMILES string of the molecule is Cc1ccc2nc3c(c(C(=O)OCc4nc(N)nc(N)n4)c2c1)CCCC3. The lowest BCUT2D eigenvalue weighted by Crippen LogP contribution is -2.16. The molecular formula is C19H20N6O2. The lowest BCUT2D eigenvalue weighted by atomic mass is 9.89. The Kier molecular flexibility index (Phi) is 4.31. The number of pyridine rings is 1. The van der Waals surface area contributed by atoms with Gasteiger partial charge in [-0.15, -0.1) is 0 Å². The second kappa shape index (κ2) is 6.79. The summed E-state index contributed by atoms with van der Waals surface area (Å²) in [5.74, 6) is -0.202. The maximum atomic E-state index is 13.0. The van der Waals surface area contributed by atoms with E-state index in [1.54, 1.807) is 0 Å². The molecule has 2 heterocycles. The van der Waals surface area contributed by atoms with E-state index in [4.69, 9.17) is 21.2 Å². The van der Waals surface area contributed by atoms with Gasteiger partial charge in [0.1, 0.15) is 0 Å². The van der Waals surface area contributed by atoms with E-state index in [0.717, 1.165) is 53.4 Å². The Morgan fingerprint density at radius 3 is 2.59 bits per heavy atom. The standard InChI is InChI=1S/C19H20N6O2/c1-10-6-7-14-12(8-10)16(11-4-2-3-5-13(11)22-14)17(26)27-9-15-23-18(20)25-19(21)24-15/h6-8H,2-5,9H2,1H3,(H4,20,21,23,24,25). The fourth-order valence-corrected chi connectivity index (χ4v) is 3.49. The van der Waals surface area contributed by atoms with Gasteiger partial charge < -0.3 is 16.2 Å². The zero-order valence-corrected chi connectivity index (χ0v) is 15.0. The Hall–Kier alpha value is -3.29. The van der Waals surface area contributed by atoms with Crippen LogP contribution < -0.4 is 11.5 Å². The van der Waals surface area contributed by atoms with Crippen molar-refractivity contribution in [3.8, 4) is 0 Å². The van der Waals surface area contributed by atoms with Crippen LogP contribution in [-0.2, 0) is 24.2 Å². The van der Waals surface area contributed by atoms with Gasteiger partial charge in [-0.25, -0.2) is 4.79 Å². The first-order valence-electron chi connectivity index (χ1n) is 8.86. The molecule has 3 aromatic rings. The number of carbonyl (C=O) groups excluding carboxylic acids is 1. The number of rotatable bonds is 3. The molecule has 0 aliphatic heterocycles. The summed E-state index contributed by atoms with van der Waals surface area (Å²) in [7, 11) is 0. The molecule has 0 spiro atoms. The first kappa shape index (κ1) is 17.1. The zero-order chi connectivity index (χ0) is 19.0. The van der Waals surface area contributed by atoms with Crippen molar-refractivity contribution in [3.05, 3.63) is 46.4 Å². The van der Waals surface area contributed by atoms with Crippen LogP contribution in [0.25, 0.3) is 10.9 Å². The second-order valence-corrected chi connectivity index (χ2v) is 6.68. The topological polar surface area (TPSA) is 130 Å². The van der Waals surface area contributed by atoms with Gasteiger partial charge in [0.25, 0.3) is 0 Å². The lowest BCUT2D eigenvalue weighted by Gasteiger charge is -2.20. The summed E-state index contributed by atoms with van der Waals surface area (Å²) in [5, 5.41) is 0.815. The Labute approximate surface area is 156 Å². The molecule has 0 atom stereocenters. The van der Waals surface area contributed by atoms with Crippen LogP contribution in [0.15, 0.2) is 18.2 Å². The maximum Gasteiger partial charge on any atom is 0.339 e. The molecule has 0 fully saturated rings. The normalized spacial score (nSPS) is 13.4. The van der Waals surface area contributed by atoms with Crippen molar-refractivity contribution in [1.82, 2.24) is 19.9 Å². The summed E-state index contributed by atoms with van der Waals surface area (Å²) in [5.41, 5.74) is 15.6. The van der Waals surface area contributed by atoms with E-state index in [-0.39, 0.29) is 24.3 Å². The third-order valence-electron chi connectivity index (χ3n) is 4.67. The van der Waals surface area contributed by atoms with Crippen LogP contribution in [0.1, 0.15) is 45.8 Å². The van der Waals surface area contributed by atoms with Crippen molar-refractivity contribution in [2.24, 2.45) is 0 Å². The lowest BCUT2D eigenvalue weighted by molar-refractivity contribution is 0.0463. The quantitative estimate of drug-likeness (QED) is 0.676. The molecule has 1 aromatic carbocycles. The number of hydrogen-bond donors (Lipinski definition) is 2. The predicted molar refractivity (Wildman–Crippen MR) is 101 cm³/mol. The highest BCUT2D eigenvalue weighted by Crippen LogP contribution is 2.30. The molecule has 4 rings (SSSR count). The smallest absolute Gasteiger partial charge is 0.339 e. The minimum Gasteiger partial charge on any atom is -0.454 e. The summed E-state index contributed by atoms with van der Waals surface area (Å²) in [6, 6.07) is 5.92. The van der Waals surface area contributed by atoms with E-state index in [0.29, 0.717) is 5.56 Å². The summed E-state index contributed by atoms with van der Waals surface area (Å²) >= 11 is 0. The highest BCUT2D eigenvalue weighted by Gasteiger charge is 2.24. The first-order valence-corrected chi connectivity index (χ1v) is 8.86. The molecule has 8 heteroatoms. The van der Waals surface area contributed by atoms with Crippen LogP contribution in [0, 0.1) is 6.92 Å². The van der Waals surface area contributed by atoms with E-state index < -0.39 is 5.97 Å². The molecule has 0 unspecified atom stereocenters. The summed E-state index contributed by atoms with van der Waals surface area (Å²) in [4.78, 5) is 29.4. The van der Waals surface area contributed by atoms with Crippen LogP contribution >= 0.6 is 0 Å². The Morgan fingerprint density at radius 2 is 1.81 bits per heavy atom. The number of nitrogens with two attached hydrogens (primary N) is 2. The average molecular weight is 364 g/mol. The van der Waals surface area contributed by atoms with Crippen molar-refractivity contribution in [2.45, 2.75) is 39.2 Å². The van der Waals surface area contributed by atoms with Gasteiger partial charge in [-0.05, 0) is 50.3 Å². The molecule has 1 aliphatic carbocycles. The van der Waals surface area contributed by atoms with E-state index in [1.165, 1.54) is 0 Å². The molecule has 0 saturated carbocycles. The largest absolute Gasteiger partial charge is 0.454 e. The second-order valence-electron chi connectivity index (χ2n) is 6.68. The number of nitrogens with zero attached hydrogens (tertiary/aromatic N) is 4. The van der Waals surface area contributed by atoms with Crippen molar-refractivity contribution >= 4 is 28.8 Å². The minimum atomic E-state index is -0.413. The zero-order valence-electron chi connectivity index (χ0n) is 15.0. The van der Waals surface area contributed by atoms with E-state index in [2.05, 4.69) is 15.0 Å². The van der Waals surface area contributed by atoms with E-state index in [1.807, 2.05) is 25.1 Å². The van der Waals surface area contributed by atoms with Gasteiger partial charge in [-0.2, -0.15) is 15.0 Å². The molecule has 0 amide bonds. The number of aromatic nitrogens is 4. The summed E-state index contributed by atoms with van der Waals surface area (Å²) < 4.78 is 5.51. The number of fused-ring (bicyclic) bond motifs is 2. The number of anilines is 2. The van der Waals surface area contributed by atoms with Gasteiger partial charge >= 0.3 is 5.97 Å². The van der Waals surface area contributed by atoms with Crippen LogP contribution in [-0.4, -0.2) is 25.9 Å². The number of ether oxygens (including phenoxy) is 1. The molecule has 1 aliphatic rings. The fourth-order valence-electron chi connectivity index (χ4n) is 3.49. The molecule has 0 bridgehead atoms. The molecule has 27 heavy (non-hydrogen) atoms. The molecule has 8 nitrogen and oxygen atoms in total. The van der Waals surface area contributed by atoms with E-state index >= 15 is 0 Å². The van der Waals surface area contributed by atoms with Crippen molar-refractivity contribution in [2.75, 3.05) is 11.5 Å². The van der Waals surface area contributed by atoms with Crippen molar-refractivity contribution < 1.29 is 9.53 Å². The minimum absolute atomic E-state index is 0.00378. The molecule has 0 radical (unpaired) electrons. The van der Waals surface area contributed by atoms with Crippen LogP contribution in [0.5, 0.6) is 0 Å². The molecule has 0 saturated heterocycles. The predicted octanol–water partition coefficient (Wildman–Crippen LogP) is 2.13. The highest BCUT2D eigenvalue weighted by molar-refractivity contribution is 6.05. The highest BCUT2D eigenvalue weighted by atomic mass is 16.5. The number of esters is 1. The van der Waals surface area contributed by atoms with Gasteiger partial charge in [0.05, 0.1) is 11.1 Å². The average Bonchev–Trinajstić information content (AvgIpc) is 2.63. The summed E-state index contributed by atoms with van der Waals surface area (Å²) in [6.45, 7) is 1.87. The summed E-state index contributed by atoms with van der Waals surface area (Å²) in [6.07, 6.45) is 3.81. The maximum absolute atomic E-state index is 13.0. The molecule has 2 aromatic heterocycles. The monoisotopic (exact) mass is 364 g/mol. The number of carbonyl (C=O) groups is 1. The Balaban J connectivity index is 1.72.